The Morgan fingerprint density at radius 1 is 1.21 bits per heavy atom. The minimum absolute atomic E-state index is 0.00951. The van der Waals surface area contributed by atoms with Crippen molar-refractivity contribution >= 4 is 11.9 Å². The van der Waals surface area contributed by atoms with Crippen LogP contribution < -0.4 is 0 Å². The molecule has 29 heavy (non-hydrogen) atoms. The number of aryl methyl sites for hydroxylation is 1. The summed E-state index contributed by atoms with van der Waals surface area (Å²) in [5.74, 6) is 0.115. The number of fused-ring (bicyclic) bond motifs is 3. The van der Waals surface area contributed by atoms with Gasteiger partial charge >= 0.3 is 11.9 Å². The highest BCUT2D eigenvalue weighted by Gasteiger charge is 2.55. The van der Waals surface area contributed by atoms with Crippen LogP contribution in [0.2, 0.25) is 0 Å². The maximum absolute atomic E-state index is 13.1. The normalized spacial score (nSPS) is 28.2. The second kappa shape index (κ2) is 8.33. The van der Waals surface area contributed by atoms with Crippen LogP contribution in [0.3, 0.4) is 0 Å². The summed E-state index contributed by atoms with van der Waals surface area (Å²) >= 11 is 0. The van der Waals surface area contributed by atoms with Gasteiger partial charge in [-0.05, 0) is 66.5 Å². The lowest BCUT2D eigenvalue weighted by Crippen LogP contribution is -2.53. The Morgan fingerprint density at radius 3 is 2.62 bits per heavy atom. The van der Waals surface area contributed by atoms with E-state index in [0.29, 0.717) is 5.92 Å². The fourth-order valence-corrected chi connectivity index (χ4v) is 5.62. The van der Waals surface area contributed by atoms with Gasteiger partial charge in [0, 0.05) is 6.08 Å². The summed E-state index contributed by atoms with van der Waals surface area (Å²) in [6.07, 6.45) is 6.08. The van der Waals surface area contributed by atoms with Crippen molar-refractivity contribution in [2.45, 2.75) is 71.1 Å². The van der Waals surface area contributed by atoms with E-state index in [4.69, 9.17) is 9.47 Å². The fourth-order valence-electron chi connectivity index (χ4n) is 5.62. The number of esters is 2. The lowest BCUT2D eigenvalue weighted by molar-refractivity contribution is -0.167. The highest BCUT2D eigenvalue weighted by molar-refractivity contribution is 5.81. The zero-order valence-electron chi connectivity index (χ0n) is 18.3. The first kappa shape index (κ1) is 21.6. The molecule has 0 saturated heterocycles. The minimum atomic E-state index is -0.510. The largest absolute Gasteiger partial charge is 0.462 e. The Kier molecular flexibility index (Phi) is 6.21. The molecule has 0 spiro atoms. The highest BCUT2D eigenvalue weighted by Crippen LogP contribution is 2.57. The molecule has 1 aromatic carbocycles. The van der Waals surface area contributed by atoms with Crippen molar-refractivity contribution in [2.75, 3.05) is 13.2 Å². The topological polar surface area (TPSA) is 52.6 Å². The van der Waals surface area contributed by atoms with Crippen LogP contribution in [0.4, 0.5) is 0 Å². The standard InChI is InChI=1S/C25H34O4/c1-6-22(26)28-14-15-29-23(27)25(5)13-7-12-24(4)20-10-8-18(17(2)3)16-19(20)9-11-21(24)25/h6,8,10,16-17,21H,1,7,9,11-15H2,2-5H3/t21-,24-,25-/m1/s1. The Morgan fingerprint density at radius 2 is 1.93 bits per heavy atom. The first-order valence-electron chi connectivity index (χ1n) is 10.8. The molecular weight excluding hydrogens is 364 g/mol. The molecule has 0 amide bonds. The Balaban J connectivity index is 1.78. The molecule has 0 unspecified atom stereocenters. The van der Waals surface area contributed by atoms with E-state index in [1.165, 1.54) is 16.7 Å². The molecule has 3 atom stereocenters. The lowest BCUT2D eigenvalue weighted by Gasteiger charge is -2.54. The van der Waals surface area contributed by atoms with Gasteiger partial charge in [-0.15, -0.1) is 0 Å². The average molecular weight is 399 g/mol. The van der Waals surface area contributed by atoms with E-state index in [9.17, 15) is 9.59 Å². The molecule has 0 bridgehead atoms. The molecule has 3 rings (SSSR count). The number of rotatable bonds is 6. The number of carbonyl (C=O) groups excluding carboxylic acids is 2. The zero-order chi connectivity index (χ0) is 21.2. The van der Waals surface area contributed by atoms with Crippen LogP contribution in [0, 0.1) is 11.3 Å². The van der Waals surface area contributed by atoms with Crippen molar-refractivity contribution < 1.29 is 19.1 Å². The van der Waals surface area contributed by atoms with Crippen molar-refractivity contribution in [3.8, 4) is 0 Å². The molecule has 0 aliphatic heterocycles. The number of benzene rings is 1. The van der Waals surface area contributed by atoms with E-state index < -0.39 is 11.4 Å². The lowest BCUT2D eigenvalue weighted by atomic mass is 9.49. The van der Waals surface area contributed by atoms with Gasteiger partial charge in [0.25, 0.3) is 0 Å². The molecule has 1 fully saturated rings. The summed E-state index contributed by atoms with van der Waals surface area (Å²) in [5, 5.41) is 0. The summed E-state index contributed by atoms with van der Waals surface area (Å²) in [7, 11) is 0. The molecule has 4 nitrogen and oxygen atoms in total. The Labute approximate surface area is 174 Å². The van der Waals surface area contributed by atoms with Crippen LogP contribution in [0.15, 0.2) is 30.9 Å². The molecule has 0 radical (unpaired) electrons. The second-order valence-electron chi connectivity index (χ2n) is 9.36. The zero-order valence-corrected chi connectivity index (χ0v) is 18.3. The smallest absolute Gasteiger partial charge is 0.330 e. The third kappa shape index (κ3) is 3.99. The van der Waals surface area contributed by atoms with Gasteiger partial charge in [-0.2, -0.15) is 0 Å². The van der Waals surface area contributed by atoms with E-state index in [0.717, 1.165) is 38.2 Å². The van der Waals surface area contributed by atoms with E-state index in [1.807, 2.05) is 0 Å². The van der Waals surface area contributed by atoms with E-state index in [2.05, 4.69) is 52.5 Å². The van der Waals surface area contributed by atoms with Crippen molar-refractivity contribution in [3.05, 3.63) is 47.5 Å². The monoisotopic (exact) mass is 398 g/mol. The molecule has 158 valence electrons. The fraction of sp³-hybridized carbons (Fsp3) is 0.600. The van der Waals surface area contributed by atoms with Crippen LogP contribution in [0.5, 0.6) is 0 Å². The highest BCUT2D eigenvalue weighted by atomic mass is 16.6. The van der Waals surface area contributed by atoms with E-state index in [1.54, 1.807) is 0 Å². The predicted molar refractivity (Wildman–Crippen MR) is 114 cm³/mol. The summed E-state index contributed by atoms with van der Waals surface area (Å²) in [6.45, 7) is 12.4. The van der Waals surface area contributed by atoms with E-state index >= 15 is 0 Å². The van der Waals surface area contributed by atoms with Crippen LogP contribution in [-0.2, 0) is 30.9 Å². The maximum Gasteiger partial charge on any atom is 0.330 e. The molecule has 4 heteroatoms. The quantitative estimate of drug-likeness (QED) is 0.380. The van der Waals surface area contributed by atoms with Crippen LogP contribution in [-0.4, -0.2) is 25.2 Å². The van der Waals surface area contributed by atoms with Gasteiger partial charge in [0.05, 0.1) is 5.41 Å². The molecule has 0 N–H and O–H groups in total. The van der Waals surface area contributed by atoms with Crippen LogP contribution >= 0.6 is 0 Å². The average Bonchev–Trinajstić information content (AvgIpc) is 2.70. The molecule has 0 aromatic heterocycles. The SMILES string of the molecule is C=CC(=O)OCCOC(=O)[C@]1(C)CCC[C@]2(C)c3ccc(C(C)C)cc3CC[C@@H]12. The van der Waals surface area contributed by atoms with Gasteiger partial charge in [-0.25, -0.2) is 4.79 Å². The van der Waals surface area contributed by atoms with Crippen molar-refractivity contribution in [3.63, 3.8) is 0 Å². The molecule has 0 heterocycles. The maximum atomic E-state index is 13.1. The molecule has 1 saturated carbocycles. The van der Waals surface area contributed by atoms with Gasteiger partial charge in [0.15, 0.2) is 0 Å². The van der Waals surface area contributed by atoms with Crippen molar-refractivity contribution in [1.82, 2.24) is 0 Å². The van der Waals surface area contributed by atoms with E-state index in [-0.39, 0.29) is 30.5 Å². The van der Waals surface area contributed by atoms with Crippen molar-refractivity contribution in [1.29, 1.82) is 0 Å². The Hall–Kier alpha value is -2.10. The van der Waals surface area contributed by atoms with Crippen LogP contribution in [0.1, 0.15) is 76.0 Å². The molecular formula is C25H34O4. The third-order valence-electron chi connectivity index (χ3n) is 7.24. The number of hydrogen-bond acceptors (Lipinski definition) is 4. The summed E-state index contributed by atoms with van der Waals surface area (Å²) in [6, 6.07) is 6.94. The van der Waals surface area contributed by atoms with Crippen molar-refractivity contribution in [2.24, 2.45) is 11.3 Å². The summed E-state index contributed by atoms with van der Waals surface area (Å²) in [5.41, 5.74) is 3.73. The molecule has 2 aliphatic carbocycles. The molecule has 2 aliphatic rings. The number of hydrogen-bond donors (Lipinski definition) is 0. The first-order valence-corrected chi connectivity index (χ1v) is 10.8. The predicted octanol–water partition coefficient (Wildman–Crippen LogP) is 5.09. The van der Waals surface area contributed by atoms with Gasteiger partial charge < -0.3 is 9.47 Å². The number of carbonyl (C=O) groups is 2. The minimum Gasteiger partial charge on any atom is -0.462 e. The van der Waals surface area contributed by atoms with Gasteiger partial charge in [0.1, 0.15) is 13.2 Å². The third-order valence-corrected chi connectivity index (χ3v) is 7.24. The van der Waals surface area contributed by atoms with Gasteiger partial charge in [-0.1, -0.05) is 52.0 Å². The van der Waals surface area contributed by atoms with Gasteiger partial charge in [0.2, 0.25) is 0 Å². The second-order valence-corrected chi connectivity index (χ2v) is 9.36. The summed E-state index contributed by atoms with van der Waals surface area (Å²) in [4.78, 5) is 24.3. The first-order chi connectivity index (χ1) is 13.7. The van der Waals surface area contributed by atoms with Gasteiger partial charge in [-0.3, -0.25) is 4.79 Å². The summed E-state index contributed by atoms with van der Waals surface area (Å²) < 4.78 is 10.5. The Bertz CT molecular complexity index is 796. The number of ether oxygens (including phenoxy) is 2. The molecule has 1 aromatic rings. The van der Waals surface area contributed by atoms with Crippen LogP contribution in [0.25, 0.3) is 0 Å².